The molecular formula is C14H20O. The van der Waals surface area contributed by atoms with Crippen molar-refractivity contribution in [3.8, 4) is 0 Å². The van der Waals surface area contributed by atoms with Crippen LogP contribution in [0.1, 0.15) is 51.4 Å². The second-order valence-electron chi connectivity index (χ2n) is 5.68. The summed E-state index contributed by atoms with van der Waals surface area (Å²) in [6.45, 7) is 0. The van der Waals surface area contributed by atoms with Crippen LogP contribution in [0.25, 0.3) is 0 Å². The van der Waals surface area contributed by atoms with Gasteiger partial charge in [-0.2, -0.15) is 0 Å². The summed E-state index contributed by atoms with van der Waals surface area (Å²) in [6, 6.07) is 0. The predicted molar refractivity (Wildman–Crippen MR) is 60.5 cm³/mol. The molecule has 15 heavy (non-hydrogen) atoms. The molecule has 0 aromatic carbocycles. The third-order valence-electron chi connectivity index (χ3n) is 4.73. The highest BCUT2D eigenvalue weighted by Gasteiger charge is 2.40. The molecule has 0 heterocycles. The van der Waals surface area contributed by atoms with Crippen molar-refractivity contribution in [2.75, 3.05) is 0 Å². The van der Waals surface area contributed by atoms with E-state index in [9.17, 15) is 4.79 Å². The molecule has 82 valence electrons. The van der Waals surface area contributed by atoms with E-state index in [2.05, 4.69) is 6.08 Å². The molecule has 1 heteroatoms. The van der Waals surface area contributed by atoms with Gasteiger partial charge in [-0.15, -0.1) is 0 Å². The van der Waals surface area contributed by atoms with E-state index in [4.69, 9.17) is 0 Å². The highest BCUT2D eigenvalue weighted by Crippen LogP contribution is 2.49. The van der Waals surface area contributed by atoms with Gasteiger partial charge in [0.25, 0.3) is 0 Å². The summed E-state index contributed by atoms with van der Waals surface area (Å²) in [5, 5.41) is 0. The third-order valence-corrected chi connectivity index (χ3v) is 4.73. The summed E-state index contributed by atoms with van der Waals surface area (Å²) in [5.74, 6) is 3.11. The van der Waals surface area contributed by atoms with Gasteiger partial charge >= 0.3 is 0 Å². The van der Waals surface area contributed by atoms with Crippen molar-refractivity contribution in [3.63, 3.8) is 0 Å². The first-order chi connectivity index (χ1) is 7.33. The van der Waals surface area contributed by atoms with Crippen LogP contribution in [0.5, 0.6) is 0 Å². The maximum atomic E-state index is 12.0. The Labute approximate surface area is 91.9 Å². The van der Waals surface area contributed by atoms with Crippen LogP contribution in [0.3, 0.4) is 0 Å². The van der Waals surface area contributed by atoms with Crippen LogP contribution in [-0.4, -0.2) is 5.78 Å². The van der Waals surface area contributed by atoms with E-state index >= 15 is 0 Å². The number of Topliss-reactive ketones (excluding diaryl/α,β-unsaturated/α-hetero) is 1. The lowest BCUT2D eigenvalue weighted by Gasteiger charge is -2.20. The Morgan fingerprint density at radius 2 is 2.27 bits per heavy atom. The van der Waals surface area contributed by atoms with Gasteiger partial charge in [-0.05, 0) is 61.9 Å². The third kappa shape index (κ3) is 1.77. The van der Waals surface area contributed by atoms with E-state index in [0.717, 1.165) is 42.6 Å². The molecule has 3 rings (SSSR count). The molecule has 0 saturated heterocycles. The monoisotopic (exact) mass is 204 g/mol. The standard InChI is InChI=1S/C14H20O/c15-14(11-3-1-2-4-11)9-13-8-10-5-6-12(13)7-10/h3,10,12-13H,1-2,4-9H2. The Bertz CT molecular complexity index is 302. The van der Waals surface area contributed by atoms with Crippen LogP contribution in [0, 0.1) is 17.8 Å². The van der Waals surface area contributed by atoms with Crippen molar-refractivity contribution < 1.29 is 4.79 Å². The van der Waals surface area contributed by atoms with Gasteiger partial charge in [0, 0.05) is 6.42 Å². The number of ketones is 1. The molecule has 3 aliphatic rings. The summed E-state index contributed by atoms with van der Waals surface area (Å²) in [5.41, 5.74) is 1.15. The lowest BCUT2D eigenvalue weighted by Crippen LogP contribution is -2.15. The van der Waals surface area contributed by atoms with Crippen molar-refractivity contribution in [2.24, 2.45) is 17.8 Å². The molecule has 0 amide bonds. The fourth-order valence-electron chi connectivity index (χ4n) is 3.92. The highest BCUT2D eigenvalue weighted by molar-refractivity contribution is 5.95. The van der Waals surface area contributed by atoms with E-state index in [1.165, 1.54) is 32.1 Å². The smallest absolute Gasteiger partial charge is 0.158 e. The zero-order valence-electron chi connectivity index (χ0n) is 9.37. The Morgan fingerprint density at radius 3 is 2.87 bits per heavy atom. The zero-order valence-corrected chi connectivity index (χ0v) is 9.37. The average molecular weight is 204 g/mol. The predicted octanol–water partition coefficient (Wildman–Crippen LogP) is 3.49. The molecule has 0 N–H and O–H groups in total. The van der Waals surface area contributed by atoms with Gasteiger partial charge in [0.15, 0.2) is 5.78 Å². The minimum atomic E-state index is 0.477. The van der Waals surface area contributed by atoms with Crippen molar-refractivity contribution in [1.29, 1.82) is 0 Å². The molecular weight excluding hydrogens is 184 g/mol. The molecule has 0 spiro atoms. The van der Waals surface area contributed by atoms with Crippen LogP contribution in [0.15, 0.2) is 11.6 Å². The maximum absolute atomic E-state index is 12.0. The van der Waals surface area contributed by atoms with E-state index in [0.29, 0.717) is 5.78 Å². The molecule has 2 bridgehead atoms. The Balaban J connectivity index is 1.59. The summed E-state index contributed by atoms with van der Waals surface area (Å²) in [6.07, 6.45) is 12.1. The van der Waals surface area contributed by atoms with Gasteiger partial charge in [-0.25, -0.2) is 0 Å². The van der Waals surface area contributed by atoms with Gasteiger partial charge in [0.1, 0.15) is 0 Å². The van der Waals surface area contributed by atoms with E-state index in [-0.39, 0.29) is 0 Å². The van der Waals surface area contributed by atoms with E-state index in [1.807, 2.05) is 0 Å². The minimum Gasteiger partial charge on any atom is -0.295 e. The highest BCUT2D eigenvalue weighted by atomic mass is 16.1. The van der Waals surface area contributed by atoms with Crippen molar-refractivity contribution >= 4 is 5.78 Å². The van der Waals surface area contributed by atoms with Crippen LogP contribution in [-0.2, 0) is 4.79 Å². The Morgan fingerprint density at radius 1 is 1.33 bits per heavy atom. The van der Waals surface area contributed by atoms with Crippen LogP contribution in [0.2, 0.25) is 0 Å². The topological polar surface area (TPSA) is 17.1 Å². The Kier molecular flexibility index (Phi) is 2.42. The minimum absolute atomic E-state index is 0.477. The van der Waals surface area contributed by atoms with E-state index < -0.39 is 0 Å². The summed E-state index contributed by atoms with van der Waals surface area (Å²) in [7, 11) is 0. The van der Waals surface area contributed by atoms with Crippen molar-refractivity contribution in [1.82, 2.24) is 0 Å². The summed E-state index contributed by atoms with van der Waals surface area (Å²) >= 11 is 0. The molecule has 3 unspecified atom stereocenters. The number of fused-ring (bicyclic) bond motifs is 2. The summed E-state index contributed by atoms with van der Waals surface area (Å²) < 4.78 is 0. The van der Waals surface area contributed by atoms with Gasteiger partial charge < -0.3 is 0 Å². The fraction of sp³-hybridized carbons (Fsp3) is 0.786. The number of carbonyl (C=O) groups excluding carboxylic acids is 1. The first-order valence-electron chi connectivity index (χ1n) is 6.55. The number of carbonyl (C=O) groups is 1. The largest absolute Gasteiger partial charge is 0.295 e. The molecule has 0 aliphatic heterocycles. The lowest BCUT2D eigenvalue weighted by molar-refractivity contribution is -0.116. The number of hydrogen-bond donors (Lipinski definition) is 0. The maximum Gasteiger partial charge on any atom is 0.158 e. The van der Waals surface area contributed by atoms with Crippen LogP contribution < -0.4 is 0 Å². The van der Waals surface area contributed by atoms with Gasteiger partial charge in [-0.3, -0.25) is 4.79 Å². The fourth-order valence-corrected chi connectivity index (χ4v) is 3.92. The molecule has 1 nitrogen and oxygen atoms in total. The molecule has 0 aromatic rings. The quantitative estimate of drug-likeness (QED) is 0.687. The SMILES string of the molecule is O=C(CC1CC2CCC1C2)C1=CCCC1. The first kappa shape index (κ1) is 9.62. The Hall–Kier alpha value is -0.590. The zero-order chi connectivity index (χ0) is 10.3. The van der Waals surface area contributed by atoms with E-state index in [1.54, 1.807) is 0 Å². The molecule has 3 aliphatic carbocycles. The second-order valence-corrected chi connectivity index (χ2v) is 5.68. The number of rotatable bonds is 3. The normalized spacial score (nSPS) is 38.4. The molecule has 0 radical (unpaired) electrons. The van der Waals surface area contributed by atoms with Crippen LogP contribution >= 0.6 is 0 Å². The van der Waals surface area contributed by atoms with Crippen LogP contribution in [0.4, 0.5) is 0 Å². The molecule has 2 fully saturated rings. The lowest BCUT2D eigenvalue weighted by atomic mass is 9.84. The molecule has 3 atom stereocenters. The van der Waals surface area contributed by atoms with Crippen molar-refractivity contribution in [3.05, 3.63) is 11.6 Å². The van der Waals surface area contributed by atoms with Gasteiger partial charge in [0.2, 0.25) is 0 Å². The molecule has 0 aromatic heterocycles. The second kappa shape index (κ2) is 3.77. The number of hydrogen-bond acceptors (Lipinski definition) is 1. The molecule has 2 saturated carbocycles. The summed E-state index contributed by atoms with van der Waals surface area (Å²) in [4.78, 5) is 12.0. The first-order valence-corrected chi connectivity index (χ1v) is 6.55. The van der Waals surface area contributed by atoms with Crippen molar-refractivity contribution in [2.45, 2.75) is 51.4 Å². The van der Waals surface area contributed by atoms with Gasteiger partial charge in [0.05, 0.1) is 0 Å². The number of allylic oxidation sites excluding steroid dienone is 2. The average Bonchev–Trinajstić information content (AvgIpc) is 2.95. The van der Waals surface area contributed by atoms with Gasteiger partial charge in [-0.1, -0.05) is 12.5 Å².